The van der Waals surface area contributed by atoms with Gasteiger partial charge >= 0.3 is 0 Å². The van der Waals surface area contributed by atoms with Crippen LogP contribution in [0.5, 0.6) is 0 Å². The fraction of sp³-hybridized carbons (Fsp3) is 0.0952. The van der Waals surface area contributed by atoms with Crippen LogP contribution in [0.4, 0.5) is 5.69 Å². The van der Waals surface area contributed by atoms with Gasteiger partial charge in [0.2, 0.25) is 0 Å². The van der Waals surface area contributed by atoms with Crippen molar-refractivity contribution in [3.05, 3.63) is 91.0 Å². The van der Waals surface area contributed by atoms with E-state index in [0.717, 1.165) is 0 Å². The van der Waals surface area contributed by atoms with Crippen molar-refractivity contribution in [3.8, 4) is 0 Å². The lowest BCUT2D eigenvalue weighted by atomic mass is 10.3. The van der Waals surface area contributed by atoms with E-state index >= 15 is 0 Å². The minimum Gasteiger partial charge on any atom is -0.311 e. The SMILES string of the molecule is CC(=O)[C@H](N=Nc1ccccc1)P(=O)(c1ccccc1)c1ccccc1. The van der Waals surface area contributed by atoms with Gasteiger partial charge < -0.3 is 4.57 Å². The number of ketones is 1. The van der Waals surface area contributed by atoms with Gasteiger partial charge in [0.1, 0.15) is 0 Å². The lowest BCUT2D eigenvalue weighted by Gasteiger charge is -2.23. The monoisotopic (exact) mass is 362 g/mol. The topological polar surface area (TPSA) is 58.9 Å². The fourth-order valence-electron chi connectivity index (χ4n) is 2.76. The second-order valence-corrected chi connectivity index (χ2v) is 8.70. The standard InChI is InChI=1S/C21H19N2O2P/c1-17(24)21(23-22-18-11-5-2-6-12-18)26(25,19-13-7-3-8-14-19)20-15-9-4-10-16-20/h2-16,21H,1H3/t21-/m1/s1. The normalized spacial score (nSPS) is 12.8. The lowest BCUT2D eigenvalue weighted by molar-refractivity contribution is -0.116. The zero-order chi connectivity index (χ0) is 18.4. The van der Waals surface area contributed by atoms with Crippen molar-refractivity contribution in [1.82, 2.24) is 0 Å². The molecule has 3 aromatic carbocycles. The van der Waals surface area contributed by atoms with Gasteiger partial charge in [-0.25, -0.2) is 0 Å². The summed E-state index contributed by atoms with van der Waals surface area (Å²) in [5.41, 5.74) is 0.617. The minimum atomic E-state index is -3.34. The Labute approximate surface area is 153 Å². The van der Waals surface area contributed by atoms with Crippen molar-refractivity contribution in [2.45, 2.75) is 12.7 Å². The van der Waals surface area contributed by atoms with Gasteiger partial charge in [0, 0.05) is 10.6 Å². The number of azo groups is 1. The molecule has 0 heterocycles. The number of hydrogen-bond acceptors (Lipinski definition) is 4. The zero-order valence-corrected chi connectivity index (χ0v) is 15.3. The van der Waals surface area contributed by atoms with Gasteiger partial charge in [-0.15, -0.1) is 0 Å². The Bertz CT molecular complexity index is 898. The first-order valence-corrected chi connectivity index (χ1v) is 10.1. The smallest absolute Gasteiger partial charge is 0.189 e. The van der Waals surface area contributed by atoms with E-state index in [1.165, 1.54) is 6.92 Å². The highest BCUT2D eigenvalue weighted by Gasteiger charge is 2.40. The van der Waals surface area contributed by atoms with Crippen molar-refractivity contribution in [3.63, 3.8) is 0 Å². The lowest BCUT2D eigenvalue weighted by Crippen LogP contribution is -2.29. The van der Waals surface area contributed by atoms with Gasteiger partial charge in [0.05, 0.1) is 5.69 Å². The van der Waals surface area contributed by atoms with Crippen LogP contribution >= 0.6 is 7.14 Å². The van der Waals surface area contributed by atoms with Gasteiger partial charge in [-0.3, -0.25) is 4.79 Å². The molecule has 3 aromatic rings. The molecular formula is C21H19N2O2P. The number of benzene rings is 3. The maximum Gasteiger partial charge on any atom is 0.189 e. The van der Waals surface area contributed by atoms with E-state index in [1.54, 1.807) is 36.4 Å². The van der Waals surface area contributed by atoms with Gasteiger partial charge in [-0.05, 0) is 19.1 Å². The predicted molar refractivity (Wildman–Crippen MR) is 105 cm³/mol. The Kier molecular flexibility index (Phi) is 5.55. The maximum atomic E-state index is 14.2. The fourth-order valence-corrected chi connectivity index (χ4v) is 5.56. The van der Waals surface area contributed by atoms with Crippen molar-refractivity contribution in [1.29, 1.82) is 0 Å². The molecule has 0 saturated carbocycles. The van der Waals surface area contributed by atoms with Gasteiger partial charge in [0.15, 0.2) is 18.7 Å². The average Bonchev–Trinajstić information content (AvgIpc) is 2.70. The second kappa shape index (κ2) is 8.03. The first-order chi connectivity index (χ1) is 12.6. The summed E-state index contributed by atoms with van der Waals surface area (Å²) in [6.45, 7) is 1.41. The molecule has 1 atom stereocenters. The van der Waals surface area contributed by atoms with E-state index in [0.29, 0.717) is 16.3 Å². The summed E-state index contributed by atoms with van der Waals surface area (Å²) in [6, 6.07) is 27.2. The largest absolute Gasteiger partial charge is 0.311 e. The van der Waals surface area contributed by atoms with Gasteiger partial charge in [0.25, 0.3) is 0 Å². The third-order valence-corrected chi connectivity index (χ3v) is 7.31. The number of carbonyl (C=O) groups is 1. The van der Waals surface area contributed by atoms with E-state index in [9.17, 15) is 9.36 Å². The molecule has 0 fully saturated rings. The predicted octanol–water partition coefficient (Wildman–Crippen LogP) is 4.70. The molecule has 0 N–H and O–H groups in total. The van der Waals surface area contributed by atoms with Crippen molar-refractivity contribution in [2.24, 2.45) is 10.2 Å². The molecule has 0 saturated heterocycles. The molecule has 3 rings (SSSR count). The summed E-state index contributed by atoms with van der Waals surface area (Å²) in [4.78, 5) is 12.4. The third-order valence-electron chi connectivity index (χ3n) is 4.03. The molecule has 130 valence electrons. The summed E-state index contributed by atoms with van der Waals surface area (Å²) in [7, 11) is -3.34. The first kappa shape index (κ1) is 18.0. The number of Topliss-reactive ketones (excluding diaryl/α,β-unsaturated/α-hetero) is 1. The van der Waals surface area contributed by atoms with E-state index in [2.05, 4.69) is 10.2 Å². The van der Waals surface area contributed by atoms with Crippen molar-refractivity contribution >= 4 is 29.2 Å². The molecule has 0 aliphatic rings. The number of carbonyl (C=O) groups excluding carboxylic acids is 1. The van der Waals surface area contributed by atoms with Crippen LogP contribution in [0.3, 0.4) is 0 Å². The van der Waals surface area contributed by atoms with Crippen molar-refractivity contribution in [2.75, 3.05) is 0 Å². The molecule has 0 amide bonds. The molecule has 0 radical (unpaired) electrons. The highest BCUT2D eigenvalue weighted by atomic mass is 31.2. The zero-order valence-electron chi connectivity index (χ0n) is 14.4. The molecule has 0 aliphatic carbocycles. The molecule has 0 unspecified atom stereocenters. The Morgan fingerprint density at radius 3 is 1.62 bits per heavy atom. The average molecular weight is 362 g/mol. The van der Waals surface area contributed by atoms with Gasteiger partial charge in [-0.2, -0.15) is 10.2 Å². The van der Waals surface area contributed by atoms with Crippen LogP contribution in [0.15, 0.2) is 101 Å². The highest BCUT2D eigenvalue weighted by Crippen LogP contribution is 2.49. The van der Waals surface area contributed by atoms with E-state index in [-0.39, 0.29) is 5.78 Å². The van der Waals surface area contributed by atoms with Crippen LogP contribution in [0.2, 0.25) is 0 Å². The quantitative estimate of drug-likeness (QED) is 0.471. The van der Waals surface area contributed by atoms with Crippen LogP contribution in [-0.4, -0.2) is 11.6 Å². The molecule has 0 aromatic heterocycles. The van der Waals surface area contributed by atoms with Gasteiger partial charge in [-0.1, -0.05) is 78.9 Å². The first-order valence-electron chi connectivity index (χ1n) is 8.29. The summed E-state index contributed by atoms with van der Waals surface area (Å²) < 4.78 is 14.2. The van der Waals surface area contributed by atoms with Crippen LogP contribution in [0, 0.1) is 0 Å². The highest BCUT2D eigenvalue weighted by molar-refractivity contribution is 7.80. The van der Waals surface area contributed by atoms with Crippen LogP contribution in [0.25, 0.3) is 0 Å². The number of hydrogen-bond donors (Lipinski definition) is 0. The van der Waals surface area contributed by atoms with E-state index in [4.69, 9.17) is 0 Å². The Morgan fingerprint density at radius 2 is 1.19 bits per heavy atom. The van der Waals surface area contributed by atoms with Crippen molar-refractivity contribution < 1.29 is 9.36 Å². The summed E-state index contributed by atoms with van der Waals surface area (Å²) in [5.74, 6) is -1.34. The van der Waals surface area contributed by atoms with Crippen LogP contribution in [0.1, 0.15) is 6.92 Å². The minimum absolute atomic E-state index is 0.277. The molecule has 26 heavy (non-hydrogen) atoms. The summed E-state index contributed by atoms with van der Waals surface area (Å²) in [6.07, 6.45) is 0. The third kappa shape index (κ3) is 3.71. The second-order valence-electron chi connectivity index (χ2n) is 5.86. The van der Waals surface area contributed by atoms with E-state index < -0.39 is 12.9 Å². The Hall–Kier alpha value is -2.84. The maximum absolute atomic E-state index is 14.2. The van der Waals surface area contributed by atoms with E-state index in [1.807, 2.05) is 54.6 Å². The van der Waals surface area contributed by atoms with Crippen LogP contribution < -0.4 is 10.6 Å². The Morgan fingerprint density at radius 1 is 0.769 bits per heavy atom. The molecule has 5 heteroatoms. The summed E-state index contributed by atoms with van der Waals surface area (Å²) >= 11 is 0. The number of rotatable bonds is 6. The molecule has 0 spiro atoms. The van der Waals surface area contributed by atoms with Crippen LogP contribution in [-0.2, 0) is 9.36 Å². The molecular weight excluding hydrogens is 343 g/mol. The molecule has 4 nitrogen and oxygen atoms in total. The summed E-state index contributed by atoms with van der Waals surface area (Å²) in [5, 5.41) is 9.60. The molecule has 0 aliphatic heterocycles. The molecule has 0 bridgehead atoms. The number of nitrogens with zero attached hydrogens (tertiary/aromatic N) is 2. The Balaban J connectivity index is 2.14.